The van der Waals surface area contributed by atoms with E-state index in [1.165, 1.54) is 0 Å². The Morgan fingerprint density at radius 1 is 1.75 bits per heavy atom. The van der Waals surface area contributed by atoms with Crippen LogP contribution < -0.4 is 11.1 Å². The van der Waals surface area contributed by atoms with Gasteiger partial charge in [0.25, 0.3) is 5.91 Å². The highest BCUT2D eigenvalue weighted by Gasteiger charge is 2.30. The van der Waals surface area contributed by atoms with Gasteiger partial charge in [0.15, 0.2) is 5.82 Å². The predicted octanol–water partition coefficient (Wildman–Crippen LogP) is -0.135. The number of rotatable bonds is 3. The Balaban J connectivity index is 1.89. The van der Waals surface area contributed by atoms with Gasteiger partial charge in [0.2, 0.25) is 0 Å². The first-order valence-corrected chi connectivity index (χ1v) is 5.35. The first-order valence-electron chi connectivity index (χ1n) is 5.35. The molecule has 1 fully saturated rings. The summed E-state index contributed by atoms with van der Waals surface area (Å²) in [6.07, 6.45) is 2.96. The van der Waals surface area contributed by atoms with Gasteiger partial charge in [-0.2, -0.15) is 5.10 Å². The molecular formula is C10H16N4O2. The summed E-state index contributed by atoms with van der Waals surface area (Å²) in [7, 11) is 1.80. The maximum atomic E-state index is 11.8. The average Bonchev–Trinajstić information content (AvgIpc) is 2.87. The molecule has 0 saturated carbocycles. The molecule has 6 heteroatoms. The average molecular weight is 224 g/mol. The smallest absolute Gasteiger partial charge is 0.254 e. The van der Waals surface area contributed by atoms with Crippen molar-refractivity contribution >= 4 is 11.7 Å². The minimum atomic E-state index is -0.393. The maximum absolute atomic E-state index is 11.8. The van der Waals surface area contributed by atoms with Crippen molar-refractivity contribution in [2.24, 2.45) is 12.8 Å². The number of carbonyl (C=O) groups is 1. The summed E-state index contributed by atoms with van der Waals surface area (Å²) < 4.78 is 7.11. The van der Waals surface area contributed by atoms with Crippen LogP contribution in [0.3, 0.4) is 0 Å². The van der Waals surface area contributed by atoms with Gasteiger partial charge < -0.3 is 15.8 Å². The van der Waals surface area contributed by atoms with Crippen LogP contribution in [0.15, 0.2) is 12.3 Å². The van der Waals surface area contributed by atoms with Crippen molar-refractivity contribution in [2.45, 2.75) is 25.0 Å². The Morgan fingerprint density at radius 2 is 2.56 bits per heavy atom. The zero-order valence-corrected chi connectivity index (χ0v) is 9.22. The van der Waals surface area contributed by atoms with E-state index in [2.05, 4.69) is 10.4 Å². The summed E-state index contributed by atoms with van der Waals surface area (Å²) in [4.78, 5) is 11.8. The number of aryl methyl sites for hydroxylation is 1. The molecule has 16 heavy (non-hydrogen) atoms. The monoisotopic (exact) mass is 224 g/mol. The van der Waals surface area contributed by atoms with E-state index in [-0.39, 0.29) is 12.0 Å². The number of nitrogens with one attached hydrogen (secondary N) is 1. The zero-order valence-electron chi connectivity index (χ0n) is 9.22. The number of hydrogen-bond acceptors (Lipinski definition) is 4. The lowest BCUT2D eigenvalue weighted by atomic mass is 10.2. The van der Waals surface area contributed by atoms with Gasteiger partial charge in [0.1, 0.15) is 6.10 Å². The Morgan fingerprint density at radius 3 is 3.12 bits per heavy atom. The molecule has 0 spiro atoms. The van der Waals surface area contributed by atoms with E-state index < -0.39 is 6.10 Å². The number of hydrogen-bond donors (Lipinski definition) is 2. The van der Waals surface area contributed by atoms with Gasteiger partial charge in [-0.3, -0.25) is 9.48 Å². The SMILES string of the molecule is Cn1ccc(NC(=O)[C@@H]2CC[C@H](CN)O2)n1. The van der Waals surface area contributed by atoms with Crippen molar-refractivity contribution in [2.75, 3.05) is 11.9 Å². The fourth-order valence-corrected chi connectivity index (χ4v) is 1.76. The molecule has 1 saturated heterocycles. The minimum Gasteiger partial charge on any atom is -0.364 e. The van der Waals surface area contributed by atoms with Gasteiger partial charge >= 0.3 is 0 Å². The molecule has 1 aliphatic rings. The van der Waals surface area contributed by atoms with Crippen LogP contribution in [0.2, 0.25) is 0 Å². The summed E-state index contributed by atoms with van der Waals surface area (Å²) in [6, 6.07) is 1.74. The topological polar surface area (TPSA) is 82.2 Å². The fourth-order valence-electron chi connectivity index (χ4n) is 1.76. The first kappa shape index (κ1) is 11.1. The van der Waals surface area contributed by atoms with Crippen molar-refractivity contribution in [1.82, 2.24) is 9.78 Å². The highest BCUT2D eigenvalue weighted by molar-refractivity contribution is 5.93. The second-order valence-electron chi connectivity index (χ2n) is 3.92. The normalized spacial score (nSPS) is 24.6. The molecule has 1 aromatic rings. The Labute approximate surface area is 93.8 Å². The number of amides is 1. The molecule has 2 rings (SSSR count). The van der Waals surface area contributed by atoms with Crippen LogP contribution in [0.25, 0.3) is 0 Å². The van der Waals surface area contributed by atoms with Crippen molar-refractivity contribution < 1.29 is 9.53 Å². The summed E-state index contributed by atoms with van der Waals surface area (Å²) in [5.74, 6) is 0.405. The Hall–Kier alpha value is -1.40. The molecule has 1 amide bonds. The third kappa shape index (κ3) is 2.40. The predicted molar refractivity (Wildman–Crippen MR) is 58.8 cm³/mol. The van der Waals surface area contributed by atoms with Crippen molar-refractivity contribution in [1.29, 1.82) is 0 Å². The molecule has 0 bridgehead atoms. The van der Waals surface area contributed by atoms with Crippen molar-refractivity contribution in [3.63, 3.8) is 0 Å². The van der Waals surface area contributed by atoms with Gasteiger partial charge in [-0.25, -0.2) is 0 Å². The van der Waals surface area contributed by atoms with E-state index in [9.17, 15) is 4.79 Å². The summed E-state index contributed by atoms with van der Waals surface area (Å²) in [6.45, 7) is 0.466. The molecule has 2 atom stereocenters. The second kappa shape index (κ2) is 4.63. The minimum absolute atomic E-state index is 0.0134. The summed E-state index contributed by atoms with van der Waals surface area (Å²) in [5, 5.41) is 6.78. The van der Waals surface area contributed by atoms with Gasteiger partial charge in [-0.15, -0.1) is 0 Å². The molecule has 0 unspecified atom stereocenters. The van der Waals surface area contributed by atoms with Crippen molar-refractivity contribution in [3.05, 3.63) is 12.3 Å². The number of aromatic nitrogens is 2. The summed E-state index contributed by atoms with van der Waals surface area (Å²) >= 11 is 0. The lowest BCUT2D eigenvalue weighted by Crippen LogP contribution is -2.29. The van der Waals surface area contributed by atoms with Crippen LogP contribution in [0.5, 0.6) is 0 Å². The molecule has 88 valence electrons. The highest BCUT2D eigenvalue weighted by Crippen LogP contribution is 2.19. The third-order valence-electron chi connectivity index (χ3n) is 2.63. The highest BCUT2D eigenvalue weighted by atomic mass is 16.5. The van der Waals surface area contributed by atoms with Gasteiger partial charge in [0.05, 0.1) is 6.10 Å². The lowest BCUT2D eigenvalue weighted by Gasteiger charge is -2.11. The molecule has 6 nitrogen and oxygen atoms in total. The van der Waals surface area contributed by atoms with Crippen LogP contribution in [0.1, 0.15) is 12.8 Å². The number of nitrogens with two attached hydrogens (primary N) is 1. The van der Waals surface area contributed by atoms with Crippen LogP contribution >= 0.6 is 0 Å². The Kier molecular flexibility index (Phi) is 3.21. The van der Waals surface area contributed by atoms with Gasteiger partial charge in [-0.1, -0.05) is 0 Å². The fraction of sp³-hybridized carbons (Fsp3) is 0.600. The number of anilines is 1. The molecule has 0 aromatic carbocycles. The van der Waals surface area contributed by atoms with E-state index in [0.29, 0.717) is 12.4 Å². The van der Waals surface area contributed by atoms with E-state index in [1.807, 2.05) is 0 Å². The molecule has 1 aliphatic heterocycles. The second-order valence-corrected chi connectivity index (χ2v) is 3.92. The van der Waals surface area contributed by atoms with Crippen LogP contribution in [-0.2, 0) is 16.6 Å². The quantitative estimate of drug-likeness (QED) is 0.749. The largest absolute Gasteiger partial charge is 0.364 e. The van der Waals surface area contributed by atoms with Crippen molar-refractivity contribution in [3.8, 4) is 0 Å². The van der Waals surface area contributed by atoms with E-state index in [1.54, 1.807) is 24.0 Å². The van der Waals surface area contributed by atoms with E-state index in [4.69, 9.17) is 10.5 Å². The number of carbonyl (C=O) groups excluding carboxylic acids is 1. The first-order chi connectivity index (χ1) is 7.69. The number of ether oxygens (including phenoxy) is 1. The standard InChI is InChI=1S/C10H16N4O2/c1-14-5-4-9(13-14)12-10(15)8-3-2-7(6-11)16-8/h4-5,7-8H,2-3,6,11H2,1H3,(H,12,13,15)/t7-,8+/m1/s1. The Bertz CT molecular complexity index is 377. The summed E-state index contributed by atoms with van der Waals surface area (Å²) in [5.41, 5.74) is 5.48. The van der Waals surface area contributed by atoms with Crippen LogP contribution in [-0.4, -0.2) is 34.4 Å². The molecule has 1 aromatic heterocycles. The lowest BCUT2D eigenvalue weighted by molar-refractivity contribution is -0.126. The molecule has 3 N–H and O–H groups in total. The van der Waals surface area contributed by atoms with Crippen LogP contribution in [0, 0.1) is 0 Å². The number of nitrogens with zero attached hydrogens (tertiary/aromatic N) is 2. The zero-order chi connectivity index (χ0) is 11.5. The molecular weight excluding hydrogens is 208 g/mol. The van der Waals surface area contributed by atoms with Gasteiger partial charge in [0, 0.05) is 25.9 Å². The van der Waals surface area contributed by atoms with Gasteiger partial charge in [-0.05, 0) is 12.8 Å². The molecule has 2 heterocycles. The maximum Gasteiger partial charge on any atom is 0.254 e. The van der Waals surface area contributed by atoms with E-state index in [0.717, 1.165) is 12.8 Å². The molecule has 0 radical (unpaired) electrons. The van der Waals surface area contributed by atoms with E-state index >= 15 is 0 Å². The molecule has 0 aliphatic carbocycles. The van der Waals surface area contributed by atoms with Crippen LogP contribution in [0.4, 0.5) is 5.82 Å². The third-order valence-corrected chi connectivity index (χ3v) is 2.63.